The van der Waals surface area contributed by atoms with Crippen molar-refractivity contribution in [1.82, 2.24) is 20.4 Å². The minimum absolute atomic E-state index is 0.285. The van der Waals surface area contributed by atoms with Gasteiger partial charge in [0.2, 0.25) is 17.7 Å². The molecular weight excluding hydrogens is 362 g/mol. The Morgan fingerprint density at radius 1 is 1.14 bits per heavy atom. The molecule has 0 bridgehead atoms. The standard InChI is InChI=1S/C19H29N5O4/c1-4-8-21-19(28)22-13-7-10-24(15(25)11-12(2)3)16(13)18(27)23-9-5-6-14(23)17(20)26/h4,11,13-14,16H,1,5-10H2,2-3H3,(H2,20,26)(H2,21,22,28). The Kier molecular flexibility index (Phi) is 7.19. The number of hydrogen-bond donors (Lipinski definition) is 3. The van der Waals surface area contributed by atoms with Crippen molar-refractivity contribution in [3.05, 3.63) is 24.3 Å². The minimum Gasteiger partial charge on any atom is -0.368 e. The van der Waals surface area contributed by atoms with E-state index in [0.29, 0.717) is 32.4 Å². The number of nitrogens with zero attached hydrogens (tertiary/aromatic N) is 2. The second-order valence-electron chi connectivity index (χ2n) is 7.33. The lowest BCUT2D eigenvalue weighted by atomic mass is 10.1. The SMILES string of the molecule is C=CCNC(=O)NC1CCN(C(=O)C=C(C)C)C1C(=O)N1CCCC1C(N)=O. The third-order valence-corrected chi connectivity index (χ3v) is 4.93. The molecule has 0 spiro atoms. The summed E-state index contributed by atoms with van der Waals surface area (Å²) in [4.78, 5) is 52.6. The summed E-state index contributed by atoms with van der Waals surface area (Å²) in [5.41, 5.74) is 6.26. The van der Waals surface area contributed by atoms with Crippen molar-refractivity contribution >= 4 is 23.8 Å². The van der Waals surface area contributed by atoms with Gasteiger partial charge in [0.05, 0.1) is 6.04 Å². The van der Waals surface area contributed by atoms with E-state index in [1.165, 1.54) is 15.9 Å². The maximum atomic E-state index is 13.3. The Hall–Kier alpha value is -2.84. The van der Waals surface area contributed by atoms with E-state index in [4.69, 9.17) is 5.73 Å². The number of primary amides is 1. The number of carbonyl (C=O) groups is 4. The molecule has 28 heavy (non-hydrogen) atoms. The highest BCUT2D eigenvalue weighted by atomic mass is 16.2. The van der Waals surface area contributed by atoms with Crippen LogP contribution in [0.15, 0.2) is 24.3 Å². The molecular formula is C19H29N5O4. The maximum Gasteiger partial charge on any atom is 0.315 e. The smallest absolute Gasteiger partial charge is 0.315 e. The largest absolute Gasteiger partial charge is 0.368 e. The third kappa shape index (κ3) is 4.90. The fourth-order valence-electron chi connectivity index (χ4n) is 3.71. The lowest BCUT2D eigenvalue weighted by Gasteiger charge is -2.32. The van der Waals surface area contributed by atoms with Crippen LogP contribution in [0.25, 0.3) is 0 Å². The highest BCUT2D eigenvalue weighted by Crippen LogP contribution is 2.25. The van der Waals surface area contributed by atoms with Crippen LogP contribution in [0.4, 0.5) is 4.79 Å². The lowest BCUT2D eigenvalue weighted by molar-refractivity contribution is -0.145. The number of hydrogen-bond acceptors (Lipinski definition) is 4. The van der Waals surface area contributed by atoms with Gasteiger partial charge in [0.15, 0.2) is 0 Å². The first-order valence-electron chi connectivity index (χ1n) is 9.46. The molecule has 2 heterocycles. The number of nitrogens with two attached hydrogens (primary N) is 1. The van der Waals surface area contributed by atoms with Gasteiger partial charge in [-0.2, -0.15) is 0 Å². The molecule has 9 nitrogen and oxygen atoms in total. The van der Waals surface area contributed by atoms with Crippen LogP contribution in [0.1, 0.15) is 33.1 Å². The van der Waals surface area contributed by atoms with E-state index in [9.17, 15) is 19.2 Å². The Bertz CT molecular complexity index is 686. The normalized spacial score (nSPS) is 23.9. The summed E-state index contributed by atoms with van der Waals surface area (Å²) in [6, 6.07) is -2.55. The fourth-order valence-corrected chi connectivity index (χ4v) is 3.71. The van der Waals surface area contributed by atoms with Gasteiger partial charge in [-0.3, -0.25) is 14.4 Å². The molecule has 2 rings (SSSR count). The summed E-state index contributed by atoms with van der Waals surface area (Å²) in [5.74, 6) is -1.20. The molecule has 2 aliphatic heterocycles. The molecule has 2 aliphatic rings. The number of nitrogens with one attached hydrogen (secondary N) is 2. The molecule has 3 unspecified atom stereocenters. The van der Waals surface area contributed by atoms with E-state index in [2.05, 4.69) is 17.2 Å². The summed E-state index contributed by atoms with van der Waals surface area (Å²) in [7, 11) is 0. The topological polar surface area (TPSA) is 125 Å². The van der Waals surface area contributed by atoms with Gasteiger partial charge >= 0.3 is 6.03 Å². The molecule has 0 radical (unpaired) electrons. The first-order valence-corrected chi connectivity index (χ1v) is 9.46. The van der Waals surface area contributed by atoms with Crippen molar-refractivity contribution in [3.8, 4) is 0 Å². The molecule has 0 saturated carbocycles. The Labute approximate surface area is 165 Å². The number of amides is 5. The van der Waals surface area contributed by atoms with Crippen LogP contribution in [0.3, 0.4) is 0 Å². The van der Waals surface area contributed by atoms with Crippen molar-refractivity contribution in [3.63, 3.8) is 0 Å². The summed E-state index contributed by atoms with van der Waals surface area (Å²) in [5, 5.41) is 5.38. The van der Waals surface area contributed by atoms with Crippen LogP contribution in [0.2, 0.25) is 0 Å². The molecule has 0 aromatic carbocycles. The lowest BCUT2D eigenvalue weighted by Crippen LogP contribution is -2.58. The molecule has 154 valence electrons. The molecule has 3 atom stereocenters. The predicted octanol–water partition coefficient (Wildman–Crippen LogP) is -0.116. The van der Waals surface area contributed by atoms with Gasteiger partial charge in [0.25, 0.3) is 0 Å². The van der Waals surface area contributed by atoms with Crippen LogP contribution in [0, 0.1) is 0 Å². The van der Waals surface area contributed by atoms with Crippen LogP contribution >= 0.6 is 0 Å². The molecule has 5 amide bonds. The summed E-state index contributed by atoms with van der Waals surface area (Å²) in [6.45, 7) is 8.16. The molecule has 2 saturated heterocycles. The number of allylic oxidation sites excluding steroid dienone is 1. The van der Waals surface area contributed by atoms with Gasteiger partial charge in [-0.1, -0.05) is 11.6 Å². The van der Waals surface area contributed by atoms with E-state index in [-0.39, 0.29) is 18.4 Å². The summed E-state index contributed by atoms with van der Waals surface area (Å²) in [6.07, 6.45) is 4.63. The van der Waals surface area contributed by atoms with Crippen LogP contribution in [0.5, 0.6) is 0 Å². The van der Waals surface area contributed by atoms with Crippen LogP contribution in [-0.4, -0.2) is 71.3 Å². The van der Waals surface area contributed by atoms with Gasteiger partial charge in [-0.25, -0.2) is 4.79 Å². The zero-order valence-corrected chi connectivity index (χ0v) is 16.4. The third-order valence-electron chi connectivity index (χ3n) is 4.93. The first kappa shape index (κ1) is 21.5. The minimum atomic E-state index is -0.877. The van der Waals surface area contributed by atoms with E-state index in [1.54, 1.807) is 19.9 Å². The average molecular weight is 391 g/mol. The summed E-state index contributed by atoms with van der Waals surface area (Å²) < 4.78 is 0. The van der Waals surface area contributed by atoms with Gasteiger partial charge in [-0.05, 0) is 33.1 Å². The number of urea groups is 1. The maximum absolute atomic E-state index is 13.3. The molecule has 2 fully saturated rings. The predicted molar refractivity (Wildman–Crippen MR) is 104 cm³/mol. The molecule has 0 aliphatic carbocycles. The number of carbonyl (C=O) groups excluding carboxylic acids is 4. The Morgan fingerprint density at radius 3 is 2.46 bits per heavy atom. The second kappa shape index (κ2) is 9.38. The van der Waals surface area contributed by atoms with Crippen molar-refractivity contribution < 1.29 is 19.2 Å². The van der Waals surface area contributed by atoms with Gasteiger partial charge in [-0.15, -0.1) is 6.58 Å². The first-order chi connectivity index (χ1) is 13.3. The van der Waals surface area contributed by atoms with Crippen molar-refractivity contribution in [2.24, 2.45) is 5.73 Å². The molecule has 4 N–H and O–H groups in total. The van der Waals surface area contributed by atoms with Crippen LogP contribution < -0.4 is 16.4 Å². The second-order valence-corrected chi connectivity index (χ2v) is 7.33. The summed E-state index contributed by atoms with van der Waals surface area (Å²) >= 11 is 0. The van der Waals surface area contributed by atoms with Gasteiger partial charge < -0.3 is 26.2 Å². The number of likely N-dealkylation sites (tertiary alicyclic amines) is 2. The van der Waals surface area contributed by atoms with Crippen LogP contribution in [-0.2, 0) is 14.4 Å². The van der Waals surface area contributed by atoms with Gasteiger partial charge in [0.1, 0.15) is 12.1 Å². The van der Waals surface area contributed by atoms with E-state index in [0.717, 1.165) is 5.57 Å². The zero-order chi connectivity index (χ0) is 20.8. The number of rotatable bonds is 6. The van der Waals surface area contributed by atoms with Crippen molar-refractivity contribution in [2.75, 3.05) is 19.6 Å². The molecule has 0 aromatic rings. The zero-order valence-electron chi connectivity index (χ0n) is 16.4. The van der Waals surface area contributed by atoms with E-state index < -0.39 is 30.1 Å². The quantitative estimate of drug-likeness (QED) is 0.431. The highest BCUT2D eigenvalue weighted by molar-refractivity contribution is 5.96. The Morgan fingerprint density at radius 2 is 1.86 bits per heavy atom. The monoisotopic (exact) mass is 391 g/mol. The van der Waals surface area contributed by atoms with E-state index >= 15 is 0 Å². The Balaban J connectivity index is 2.25. The van der Waals surface area contributed by atoms with Crippen molar-refractivity contribution in [1.29, 1.82) is 0 Å². The molecule has 0 aromatic heterocycles. The fraction of sp³-hybridized carbons (Fsp3) is 0.579. The van der Waals surface area contributed by atoms with Gasteiger partial charge in [0, 0.05) is 25.7 Å². The van der Waals surface area contributed by atoms with E-state index in [1.807, 2.05) is 0 Å². The highest BCUT2D eigenvalue weighted by Gasteiger charge is 2.46. The molecule has 9 heteroatoms. The van der Waals surface area contributed by atoms with Crippen molar-refractivity contribution in [2.45, 2.75) is 51.2 Å². The average Bonchev–Trinajstić information content (AvgIpc) is 3.26.